The van der Waals surface area contributed by atoms with Gasteiger partial charge in [-0.25, -0.2) is 4.39 Å². The first-order chi connectivity index (χ1) is 16.2. The molecule has 0 amide bonds. The molecule has 2 bridgehead atoms. The van der Waals surface area contributed by atoms with E-state index in [-0.39, 0.29) is 11.7 Å². The average Bonchev–Trinajstić information content (AvgIpc) is 3.14. The number of hydrogen-bond donors (Lipinski definition) is 1. The van der Waals surface area contributed by atoms with Gasteiger partial charge in [-0.3, -0.25) is 4.90 Å². The van der Waals surface area contributed by atoms with E-state index in [9.17, 15) is 4.39 Å². The average molecular weight is 445 g/mol. The largest absolute Gasteiger partial charge is 0.496 e. The maximum Gasteiger partial charge on any atom is 0.123 e. The molecule has 2 atom stereocenters. The number of piperidine rings is 1. The molecular formula is C29H33FN2O. The van der Waals surface area contributed by atoms with Gasteiger partial charge in [-0.1, -0.05) is 60.7 Å². The Morgan fingerprint density at radius 2 is 1.58 bits per heavy atom. The number of halogens is 1. The molecule has 33 heavy (non-hydrogen) atoms. The van der Waals surface area contributed by atoms with Gasteiger partial charge < -0.3 is 10.1 Å². The van der Waals surface area contributed by atoms with Gasteiger partial charge in [-0.15, -0.1) is 0 Å². The topological polar surface area (TPSA) is 24.5 Å². The molecule has 3 aliphatic rings. The third-order valence-electron chi connectivity index (χ3n) is 7.53. The number of nitrogens with one attached hydrogen (secondary N) is 1. The molecule has 3 aliphatic heterocycles. The van der Waals surface area contributed by atoms with Gasteiger partial charge in [0.15, 0.2) is 0 Å². The zero-order chi connectivity index (χ0) is 22.6. The van der Waals surface area contributed by atoms with E-state index in [1.807, 2.05) is 0 Å². The van der Waals surface area contributed by atoms with Crippen LogP contribution in [0.5, 0.6) is 5.75 Å². The fourth-order valence-corrected chi connectivity index (χ4v) is 5.92. The first-order valence-corrected chi connectivity index (χ1v) is 12.1. The van der Waals surface area contributed by atoms with Crippen LogP contribution < -0.4 is 10.1 Å². The maximum absolute atomic E-state index is 14.0. The van der Waals surface area contributed by atoms with Gasteiger partial charge in [-0.05, 0) is 67.6 Å². The van der Waals surface area contributed by atoms with Gasteiger partial charge in [0.1, 0.15) is 11.6 Å². The number of ether oxygens (including phenoxy) is 1. The highest BCUT2D eigenvalue weighted by molar-refractivity contribution is 5.36. The van der Waals surface area contributed by atoms with Crippen LogP contribution >= 0.6 is 0 Å². The third kappa shape index (κ3) is 4.83. The summed E-state index contributed by atoms with van der Waals surface area (Å²) < 4.78 is 19.5. The van der Waals surface area contributed by atoms with Crippen LogP contribution in [-0.4, -0.2) is 37.2 Å². The first kappa shape index (κ1) is 22.1. The van der Waals surface area contributed by atoms with E-state index in [4.69, 9.17) is 4.74 Å². The van der Waals surface area contributed by atoms with Gasteiger partial charge >= 0.3 is 0 Å². The van der Waals surface area contributed by atoms with Crippen molar-refractivity contribution in [2.45, 2.75) is 43.8 Å². The molecule has 172 valence electrons. The predicted octanol–water partition coefficient (Wildman–Crippen LogP) is 5.61. The van der Waals surface area contributed by atoms with Crippen molar-refractivity contribution in [3.63, 3.8) is 0 Å². The molecular weight excluding hydrogens is 411 g/mol. The summed E-state index contributed by atoms with van der Waals surface area (Å²) in [5.41, 5.74) is 3.59. The van der Waals surface area contributed by atoms with Crippen LogP contribution in [0.15, 0.2) is 78.9 Å². The summed E-state index contributed by atoms with van der Waals surface area (Å²) >= 11 is 0. The minimum Gasteiger partial charge on any atom is -0.496 e. The van der Waals surface area contributed by atoms with E-state index in [0.717, 1.165) is 36.7 Å². The van der Waals surface area contributed by atoms with Crippen molar-refractivity contribution in [1.82, 2.24) is 10.2 Å². The second-order valence-electron chi connectivity index (χ2n) is 9.45. The molecule has 3 nitrogen and oxygen atoms in total. The van der Waals surface area contributed by atoms with Crippen LogP contribution in [-0.2, 0) is 6.54 Å². The highest BCUT2D eigenvalue weighted by atomic mass is 19.1. The van der Waals surface area contributed by atoms with Crippen LogP contribution in [0.2, 0.25) is 0 Å². The number of fused-ring (bicyclic) bond motifs is 4. The van der Waals surface area contributed by atoms with Gasteiger partial charge in [0.25, 0.3) is 0 Å². The molecule has 2 unspecified atom stereocenters. The normalized spacial score (nSPS) is 24.6. The van der Waals surface area contributed by atoms with Crippen LogP contribution in [0.3, 0.4) is 0 Å². The van der Waals surface area contributed by atoms with E-state index in [0.29, 0.717) is 18.6 Å². The van der Waals surface area contributed by atoms with Crippen molar-refractivity contribution >= 4 is 0 Å². The van der Waals surface area contributed by atoms with E-state index in [2.05, 4.69) is 70.9 Å². The van der Waals surface area contributed by atoms with E-state index in [1.165, 1.54) is 30.0 Å². The standard InChI is InChI=1S/C29H33FN2O/c1-33-27-13-12-25(30)19-24(27)20-31-26-18-21-14-16-32(17-15-21)29(26)28(22-8-4-2-5-9-22)23-10-6-3-7-11-23/h2-13,19,21,26,28-29,31H,14-18,20H2,1H3. The Morgan fingerprint density at radius 1 is 0.939 bits per heavy atom. The fourth-order valence-electron chi connectivity index (χ4n) is 5.92. The number of nitrogens with zero attached hydrogens (tertiary/aromatic N) is 1. The molecule has 6 rings (SSSR count). The summed E-state index contributed by atoms with van der Waals surface area (Å²) in [4.78, 5) is 2.70. The molecule has 4 heteroatoms. The molecule has 0 radical (unpaired) electrons. The molecule has 3 fully saturated rings. The summed E-state index contributed by atoms with van der Waals surface area (Å²) in [5.74, 6) is 1.53. The van der Waals surface area contributed by atoms with Crippen LogP contribution in [0.4, 0.5) is 4.39 Å². The first-order valence-electron chi connectivity index (χ1n) is 12.1. The minimum atomic E-state index is -0.222. The van der Waals surface area contributed by atoms with E-state index in [1.54, 1.807) is 19.2 Å². The van der Waals surface area contributed by atoms with E-state index >= 15 is 0 Å². The van der Waals surface area contributed by atoms with Gasteiger partial charge in [-0.2, -0.15) is 0 Å². The zero-order valence-corrected chi connectivity index (χ0v) is 19.3. The number of rotatable bonds is 7. The van der Waals surface area contributed by atoms with Gasteiger partial charge in [0.2, 0.25) is 0 Å². The predicted molar refractivity (Wildman–Crippen MR) is 131 cm³/mol. The summed E-state index contributed by atoms with van der Waals surface area (Å²) in [6.45, 7) is 2.89. The molecule has 0 aromatic heterocycles. The SMILES string of the molecule is COc1ccc(F)cc1CNC1CC2CCN(CC2)C1C(c1ccccc1)c1ccccc1. The summed E-state index contributed by atoms with van der Waals surface area (Å²) in [6.07, 6.45) is 3.66. The Hall–Kier alpha value is -2.69. The highest BCUT2D eigenvalue weighted by Crippen LogP contribution is 2.40. The molecule has 0 spiro atoms. The number of methoxy groups -OCH3 is 1. The Kier molecular flexibility index (Phi) is 6.75. The van der Waals surface area contributed by atoms with Crippen molar-refractivity contribution < 1.29 is 9.13 Å². The zero-order valence-electron chi connectivity index (χ0n) is 19.3. The van der Waals surface area contributed by atoms with Gasteiger partial charge in [0, 0.05) is 30.1 Å². The molecule has 3 saturated heterocycles. The lowest BCUT2D eigenvalue weighted by molar-refractivity contribution is 0.142. The maximum atomic E-state index is 14.0. The van der Waals surface area contributed by atoms with Crippen molar-refractivity contribution in [2.75, 3.05) is 20.2 Å². The van der Waals surface area contributed by atoms with Crippen molar-refractivity contribution in [1.29, 1.82) is 0 Å². The lowest BCUT2D eigenvalue weighted by Crippen LogP contribution is -2.52. The minimum absolute atomic E-state index is 0.222. The lowest BCUT2D eigenvalue weighted by atomic mass is 9.80. The summed E-state index contributed by atoms with van der Waals surface area (Å²) in [5, 5.41) is 3.86. The molecule has 3 aromatic carbocycles. The van der Waals surface area contributed by atoms with Gasteiger partial charge in [0.05, 0.1) is 7.11 Å². The second-order valence-corrected chi connectivity index (χ2v) is 9.45. The Balaban J connectivity index is 1.51. The smallest absolute Gasteiger partial charge is 0.123 e. The van der Waals surface area contributed by atoms with E-state index < -0.39 is 0 Å². The quantitative estimate of drug-likeness (QED) is 0.513. The summed E-state index contributed by atoms with van der Waals surface area (Å²) in [7, 11) is 1.65. The Bertz CT molecular complexity index is 995. The molecule has 3 aromatic rings. The Morgan fingerprint density at radius 3 is 2.18 bits per heavy atom. The lowest BCUT2D eigenvalue weighted by Gasteiger charge is -2.41. The molecule has 0 saturated carbocycles. The second kappa shape index (κ2) is 10.1. The number of hydrogen-bond acceptors (Lipinski definition) is 3. The third-order valence-corrected chi connectivity index (χ3v) is 7.53. The van der Waals surface area contributed by atoms with Crippen LogP contribution in [0.1, 0.15) is 41.9 Å². The van der Waals surface area contributed by atoms with Crippen LogP contribution in [0.25, 0.3) is 0 Å². The fraction of sp³-hybridized carbons (Fsp3) is 0.379. The molecule has 0 aliphatic carbocycles. The molecule has 3 heterocycles. The van der Waals surface area contributed by atoms with Crippen molar-refractivity contribution in [3.05, 3.63) is 101 Å². The summed E-state index contributed by atoms with van der Waals surface area (Å²) in [6, 6.07) is 27.3. The van der Waals surface area contributed by atoms with Crippen LogP contribution in [0, 0.1) is 11.7 Å². The number of benzene rings is 3. The monoisotopic (exact) mass is 444 g/mol. The Labute approximate surface area is 196 Å². The van der Waals surface area contributed by atoms with Crippen molar-refractivity contribution in [3.8, 4) is 5.75 Å². The van der Waals surface area contributed by atoms with Crippen molar-refractivity contribution in [2.24, 2.45) is 5.92 Å². The highest BCUT2D eigenvalue weighted by Gasteiger charge is 2.42. The molecule has 1 N–H and O–H groups in total.